The molecule has 2 atom stereocenters. The summed E-state index contributed by atoms with van der Waals surface area (Å²) in [7, 11) is 1.84. The van der Waals surface area contributed by atoms with Crippen LogP contribution in [0.1, 0.15) is 27.7 Å². The van der Waals surface area contributed by atoms with E-state index in [0.29, 0.717) is 18.0 Å². The van der Waals surface area contributed by atoms with Crippen LogP contribution < -0.4 is 10.6 Å². The van der Waals surface area contributed by atoms with Crippen molar-refractivity contribution in [2.75, 3.05) is 39.9 Å². The van der Waals surface area contributed by atoms with Crippen LogP contribution in [-0.2, 0) is 4.74 Å². The molecule has 124 valence electrons. The Bertz CT molecular complexity index is 358. The summed E-state index contributed by atoms with van der Waals surface area (Å²) in [4.78, 5) is 6.88. The van der Waals surface area contributed by atoms with Crippen LogP contribution in [0.3, 0.4) is 0 Å². The second-order valence-electron chi connectivity index (χ2n) is 7.00. The van der Waals surface area contributed by atoms with Crippen molar-refractivity contribution >= 4 is 29.9 Å². The Morgan fingerprint density at radius 1 is 1.38 bits per heavy atom. The first-order valence-corrected chi connectivity index (χ1v) is 7.72. The van der Waals surface area contributed by atoms with E-state index in [0.717, 1.165) is 38.8 Å². The third-order valence-electron chi connectivity index (χ3n) is 4.50. The maximum Gasteiger partial charge on any atom is 0.191 e. The molecule has 0 aromatic carbocycles. The van der Waals surface area contributed by atoms with Gasteiger partial charge in [0.25, 0.3) is 0 Å². The lowest BCUT2D eigenvalue weighted by Crippen LogP contribution is -2.53. The number of nitrogens with one attached hydrogen (secondary N) is 2. The van der Waals surface area contributed by atoms with Crippen molar-refractivity contribution in [1.82, 2.24) is 15.5 Å². The fourth-order valence-corrected chi connectivity index (χ4v) is 2.83. The fraction of sp³-hybridized carbons (Fsp3) is 0.933. The monoisotopic (exact) mass is 410 g/mol. The van der Waals surface area contributed by atoms with E-state index in [9.17, 15) is 0 Å². The van der Waals surface area contributed by atoms with Gasteiger partial charge in [-0.25, -0.2) is 0 Å². The highest BCUT2D eigenvalue weighted by molar-refractivity contribution is 14.0. The normalized spacial score (nSPS) is 29.0. The zero-order valence-electron chi connectivity index (χ0n) is 14.0. The van der Waals surface area contributed by atoms with Gasteiger partial charge in [0.15, 0.2) is 5.96 Å². The Morgan fingerprint density at radius 2 is 2.05 bits per heavy atom. The molecule has 0 saturated carbocycles. The first kappa shape index (κ1) is 19.0. The van der Waals surface area contributed by atoms with Crippen molar-refractivity contribution in [1.29, 1.82) is 0 Å². The Balaban J connectivity index is 0.00000220. The number of aliphatic imine (C=N–C) groups is 1. The molecule has 2 aliphatic heterocycles. The second kappa shape index (κ2) is 7.97. The minimum Gasteiger partial charge on any atom is -0.380 e. The summed E-state index contributed by atoms with van der Waals surface area (Å²) >= 11 is 0. The van der Waals surface area contributed by atoms with Gasteiger partial charge in [-0.2, -0.15) is 0 Å². The highest BCUT2D eigenvalue weighted by atomic mass is 127. The van der Waals surface area contributed by atoms with Crippen LogP contribution in [0.2, 0.25) is 0 Å². The lowest BCUT2D eigenvalue weighted by molar-refractivity contribution is -0.0971. The molecule has 0 aromatic heterocycles. The van der Waals surface area contributed by atoms with Gasteiger partial charge in [0.1, 0.15) is 0 Å². The van der Waals surface area contributed by atoms with Gasteiger partial charge in [0.2, 0.25) is 0 Å². The highest BCUT2D eigenvalue weighted by Crippen LogP contribution is 2.25. The van der Waals surface area contributed by atoms with Gasteiger partial charge in [-0.3, -0.25) is 9.89 Å². The van der Waals surface area contributed by atoms with Crippen LogP contribution in [-0.4, -0.2) is 62.8 Å². The Hall–Kier alpha value is -0.0800. The second-order valence-corrected chi connectivity index (χ2v) is 7.00. The molecule has 5 nitrogen and oxygen atoms in total. The average molecular weight is 410 g/mol. The van der Waals surface area contributed by atoms with Crippen molar-refractivity contribution < 1.29 is 4.74 Å². The molecule has 0 amide bonds. The van der Waals surface area contributed by atoms with Gasteiger partial charge in [-0.05, 0) is 19.8 Å². The van der Waals surface area contributed by atoms with Gasteiger partial charge in [-0.15, -0.1) is 24.0 Å². The van der Waals surface area contributed by atoms with Gasteiger partial charge in [0, 0.05) is 44.2 Å². The molecular weight excluding hydrogens is 379 g/mol. The summed E-state index contributed by atoms with van der Waals surface area (Å²) in [5, 5.41) is 7.02. The van der Waals surface area contributed by atoms with Crippen molar-refractivity contribution in [2.45, 2.75) is 39.8 Å². The van der Waals surface area contributed by atoms with E-state index >= 15 is 0 Å². The molecule has 21 heavy (non-hydrogen) atoms. The molecule has 2 saturated heterocycles. The number of nitrogens with zero attached hydrogens (tertiary/aromatic N) is 2. The van der Waals surface area contributed by atoms with E-state index in [2.05, 4.69) is 48.2 Å². The predicted molar refractivity (Wildman–Crippen MR) is 98.5 cm³/mol. The molecular formula is C15H31IN4O. The van der Waals surface area contributed by atoms with Crippen LogP contribution in [0.15, 0.2) is 4.99 Å². The summed E-state index contributed by atoms with van der Waals surface area (Å²) in [5.41, 5.74) is 0.267. The highest BCUT2D eigenvalue weighted by Gasteiger charge is 2.34. The lowest BCUT2D eigenvalue weighted by atomic mass is 9.89. The van der Waals surface area contributed by atoms with Gasteiger partial charge >= 0.3 is 0 Å². The minimum absolute atomic E-state index is 0. The number of halogens is 1. The third kappa shape index (κ3) is 4.96. The molecule has 2 fully saturated rings. The van der Waals surface area contributed by atoms with Gasteiger partial charge in [-0.1, -0.05) is 13.8 Å². The summed E-state index contributed by atoms with van der Waals surface area (Å²) in [6.07, 6.45) is 0. The summed E-state index contributed by atoms with van der Waals surface area (Å²) < 4.78 is 5.29. The standard InChI is InChI=1S/C15H30N4O.HI/c1-11(2)19-6-12(3)13(7-19)18-14(16-5)17-8-15(4)9-20-10-15;/h11-13H,6-10H2,1-5H3,(H2,16,17,18);1H. The maximum absolute atomic E-state index is 5.29. The van der Waals surface area contributed by atoms with E-state index < -0.39 is 0 Å². The third-order valence-corrected chi connectivity index (χ3v) is 4.50. The molecule has 0 aliphatic carbocycles. The van der Waals surface area contributed by atoms with Crippen molar-refractivity contribution in [2.24, 2.45) is 16.3 Å². The molecule has 0 aromatic rings. The first-order chi connectivity index (χ1) is 9.43. The van der Waals surface area contributed by atoms with Crippen LogP contribution in [0, 0.1) is 11.3 Å². The summed E-state index contributed by atoms with van der Waals surface area (Å²) in [6.45, 7) is 14.0. The van der Waals surface area contributed by atoms with E-state index in [1.165, 1.54) is 0 Å². The molecule has 2 aliphatic rings. The van der Waals surface area contributed by atoms with Crippen LogP contribution >= 0.6 is 24.0 Å². The van der Waals surface area contributed by atoms with Crippen molar-refractivity contribution in [3.05, 3.63) is 0 Å². The molecule has 2 unspecified atom stereocenters. The number of likely N-dealkylation sites (tertiary alicyclic amines) is 1. The quantitative estimate of drug-likeness (QED) is 0.420. The largest absolute Gasteiger partial charge is 0.380 e. The van der Waals surface area contributed by atoms with Crippen molar-refractivity contribution in [3.63, 3.8) is 0 Å². The molecule has 0 bridgehead atoms. The Labute approximate surface area is 146 Å². The topological polar surface area (TPSA) is 48.9 Å². The number of hydrogen-bond donors (Lipinski definition) is 2. The van der Waals surface area contributed by atoms with Gasteiger partial charge in [0.05, 0.1) is 13.2 Å². The Kier molecular flexibility index (Phi) is 7.19. The van der Waals surface area contributed by atoms with Gasteiger partial charge < -0.3 is 15.4 Å². The summed E-state index contributed by atoms with van der Waals surface area (Å²) in [6, 6.07) is 1.10. The molecule has 2 heterocycles. The molecule has 0 spiro atoms. The van der Waals surface area contributed by atoms with E-state index in [1.807, 2.05) is 7.05 Å². The smallest absolute Gasteiger partial charge is 0.191 e. The minimum atomic E-state index is 0. The molecule has 6 heteroatoms. The summed E-state index contributed by atoms with van der Waals surface area (Å²) in [5.74, 6) is 1.57. The zero-order valence-corrected chi connectivity index (χ0v) is 16.3. The van der Waals surface area contributed by atoms with E-state index in [4.69, 9.17) is 4.74 Å². The van der Waals surface area contributed by atoms with Crippen molar-refractivity contribution in [3.8, 4) is 0 Å². The SMILES string of the molecule is CN=C(NCC1(C)COC1)NC1CN(C(C)C)CC1C.I. The van der Waals surface area contributed by atoms with Crippen LogP contribution in [0.25, 0.3) is 0 Å². The number of guanidine groups is 1. The molecule has 2 rings (SSSR count). The number of rotatable bonds is 4. The molecule has 0 radical (unpaired) electrons. The lowest BCUT2D eigenvalue weighted by Gasteiger charge is -2.38. The number of hydrogen-bond acceptors (Lipinski definition) is 3. The maximum atomic E-state index is 5.29. The van der Waals surface area contributed by atoms with Crippen LogP contribution in [0.4, 0.5) is 0 Å². The molecule has 2 N–H and O–H groups in total. The fourth-order valence-electron chi connectivity index (χ4n) is 2.83. The number of ether oxygens (including phenoxy) is 1. The Morgan fingerprint density at radius 3 is 2.48 bits per heavy atom. The van der Waals surface area contributed by atoms with Crippen LogP contribution in [0.5, 0.6) is 0 Å². The average Bonchev–Trinajstić information content (AvgIpc) is 2.74. The van der Waals surface area contributed by atoms with E-state index in [1.54, 1.807) is 0 Å². The predicted octanol–water partition coefficient (Wildman–Crippen LogP) is 1.53. The van der Waals surface area contributed by atoms with E-state index in [-0.39, 0.29) is 29.4 Å². The first-order valence-electron chi connectivity index (χ1n) is 7.72. The zero-order chi connectivity index (χ0) is 14.8.